The highest BCUT2D eigenvalue weighted by molar-refractivity contribution is 5.83. The van der Waals surface area contributed by atoms with Crippen LogP contribution in [0.15, 0.2) is 30.3 Å². The average molecular weight is 278 g/mol. The van der Waals surface area contributed by atoms with E-state index in [1.807, 2.05) is 44.3 Å². The van der Waals surface area contributed by atoms with Crippen LogP contribution in [0.2, 0.25) is 0 Å². The smallest absolute Gasteiger partial charge is 0.332 e. The van der Waals surface area contributed by atoms with Crippen molar-refractivity contribution in [3.05, 3.63) is 35.9 Å². The van der Waals surface area contributed by atoms with Gasteiger partial charge < -0.3 is 9.64 Å². The van der Waals surface area contributed by atoms with Gasteiger partial charge in [0.25, 0.3) is 0 Å². The third-order valence-electron chi connectivity index (χ3n) is 3.39. The summed E-state index contributed by atoms with van der Waals surface area (Å²) in [5.74, 6) is -0.242. The SMILES string of the molecule is CCCN(C)CC(NCC)(C(=O)OC)c1ccccc1. The van der Waals surface area contributed by atoms with E-state index in [9.17, 15) is 4.79 Å². The molecule has 1 atom stereocenters. The molecule has 1 N–H and O–H groups in total. The normalized spacial score (nSPS) is 14.1. The van der Waals surface area contributed by atoms with Crippen molar-refractivity contribution in [2.45, 2.75) is 25.8 Å². The molecular formula is C16H26N2O2. The largest absolute Gasteiger partial charge is 0.467 e. The van der Waals surface area contributed by atoms with Gasteiger partial charge >= 0.3 is 5.97 Å². The summed E-state index contributed by atoms with van der Waals surface area (Å²) < 4.78 is 5.07. The number of hydrogen-bond donors (Lipinski definition) is 1. The molecule has 0 heterocycles. The van der Waals surface area contributed by atoms with E-state index >= 15 is 0 Å². The number of benzene rings is 1. The summed E-state index contributed by atoms with van der Waals surface area (Å²) >= 11 is 0. The predicted octanol–water partition coefficient (Wildman–Crippen LogP) is 2.01. The molecule has 0 aromatic heterocycles. The summed E-state index contributed by atoms with van der Waals surface area (Å²) in [7, 11) is 3.47. The minimum absolute atomic E-state index is 0.242. The molecule has 0 aliphatic carbocycles. The lowest BCUT2D eigenvalue weighted by Crippen LogP contribution is -2.56. The number of esters is 1. The summed E-state index contributed by atoms with van der Waals surface area (Å²) in [6.07, 6.45) is 1.05. The highest BCUT2D eigenvalue weighted by atomic mass is 16.5. The van der Waals surface area contributed by atoms with Gasteiger partial charge in [0.05, 0.1) is 7.11 Å². The monoisotopic (exact) mass is 278 g/mol. The minimum Gasteiger partial charge on any atom is -0.467 e. The molecule has 0 spiro atoms. The second-order valence-electron chi connectivity index (χ2n) is 5.03. The summed E-state index contributed by atoms with van der Waals surface area (Å²) in [5, 5.41) is 3.34. The Morgan fingerprint density at radius 3 is 2.45 bits per heavy atom. The first-order chi connectivity index (χ1) is 9.60. The van der Waals surface area contributed by atoms with Crippen molar-refractivity contribution in [1.82, 2.24) is 10.2 Å². The van der Waals surface area contributed by atoms with E-state index in [1.54, 1.807) is 0 Å². The molecule has 1 unspecified atom stereocenters. The second-order valence-corrected chi connectivity index (χ2v) is 5.03. The molecule has 4 nitrogen and oxygen atoms in total. The van der Waals surface area contributed by atoms with Crippen molar-refractivity contribution in [3.63, 3.8) is 0 Å². The van der Waals surface area contributed by atoms with E-state index in [1.165, 1.54) is 7.11 Å². The number of carbonyl (C=O) groups excluding carboxylic acids is 1. The molecule has 112 valence electrons. The zero-order valence-corrected chi connectivity index (χ0v) is 13.0. The predicted molar refractivity (Wildman–Crippen MR) is 81.6 cm³/mol. The summed E-state index contributed by atoms with van der Waals surface area (Å²) in [4.78, 5) is 14.6. The first-order valence-electron chi connectivity index (χ1n) is 7.18. The fraction of sp³-hybridized carbons (Fsp3) is 0.562. The topological polar surface area (TPSA) is 41.6 Å². The van der Waals surface area contributed by atoms with Crippen molar-refractivity contribution in [2.24, 2.45) is 0 Å². The summed E-state index contributed by atoms with van der Waals surface area (Å²) in [6.45, 7) is 6.36. The van der Waals surface area contributed by atoms with Gasteiger partial charge in [-0.15, -0.1) is 0 Å². The van der Waals surface area contributed by atoms with E-state index < -0.39 is 5.54 Å². The van der Waals surface area contributed by atoms with Crippen LogP contribution in [0.4, 0.5) is 0 Å². The number of hydrogen-bond acceptors (Lipinski definition) is 4. The lowest BCUT2D eigenvalue weighted by atomic mass is 9.89. The number of nitrogens with zero attached hydrogens (tertiary/aromatic N) is 1. The molecule has 20 heavy (non-hydrogen) atoms. The van der Waals surface area contributed by atoms with Gasteiger partial charge in [0.1, 0.15) is 0 Å². The van der Waals surface area contributed by atoms with Gasteiger partial charge in [-0.2, -0.15) is 0 Å². The van der Waals surface area contributed by atoms with Crippen molar-refractivity contribution >= 4 is 5.97 Å². The average Bonchev–Trinajstić information content (AvgIpc) is 2.47. The Labute approximate surface area is 122 Å². The molecule has 0 aliphatic rings. The van der Waals surface area contributed by atoms with Gasteiger partial charge in [0.15, 0.2) is 5.54 Å². The molecule has 1 rings (SSSR count). The van der Waals surface area contributed by atoms with Gasteiger partial charge in [0, 0.05) is 6.54 Å². The number of ether oxygens (including phenoxy) is 1. The van der Waals surface area contributed by atoms with Crippen LogP contribution in [-0.4, -0.2) is 44.7 Å². The van der Waals surface area contributed by atoms with Crippen molar-refractivity contribution in [1.29, 1.82) is 0 Å². The minimum atomic E-state index is -0.811. The third kappa shape index (κ3) is 3.81. The Balaban J connectivity index is 3.17. The highest BCUT2D eigenvalue weighted by Crippen LogP contribution is 2.24. The maximum absolute atomic E-state index is 12.5. The zero-order valence-electron chi connectivity index (χ0n) is 13.0. The van der Waals surface area contributed by atoms with Crippen LogP contribution in [0.25, 0.3) is 0 Å². The molecule has 0 radical (unpaired) electrons. The van der Waals surface area contributed by atoms with Crippen LogP contribution in [0.5, 0.6) is 0 Å². The maximum atomic E-state index is 12.5. The van der Waals surface area contributed by atoms with Gasteiger partial charge in [-0.3, -0.25) is 5.32 Å². The summed E-state index contributed by atoms with van der Waals surface area (Å²) in [6, 6.07) is 9.79. The number of methoxy groups -OCH3 is 1. The Morgan fingerprint density at radius 1 is 1.30 bits per heavy atom. The molecule has 1 aromatic carbocycles. The molecule has 0 saturated carbocycles. The van der Waals surface area contributed by atoms with E-state index in [0.29, 0.717) is 13.1 Å². The van der Waals surface area contributed by atoms with Crippen LogP contribution < -0.4 is 5.32 Å². The van der Waals surface area contributed by atoms with E-state index in [-0.39, 0.29) is 5.97 Å². The van der Waals surface area contributed by atoms with Gasteiger partial charge in [-0.25, -0.2) is 4.79 Å². The van der Waals surface area contributed by atoms with Crippen molar-refractivity contribution in [3.8, 4) is 0 Å². The van der Waals surface area contributed by atoms with Gasteiger partial charge in [-0.05, 0) is 32.1 Å². The van der Waals surface area contributed by atoms with Crippen molar-refractivity contribution in [2.75, 3.05) is 33.8 Å². The zero-order chi connectivity index (χ0) is 15.0. The first-order valence-corrected chi connectivity index (χ1v) is 7.18. The molecule has 1 aromatic rings. The lowest BCUT2D eigenvalue weighted by Gasteiger charge is -2.35. The summed E-state index contributed by atoms with van der Waals surface area (Å²) in [5.41, 5.74) is 0.131. The molecule has 0 amide bonds. The third-order valence-corrected chi connectivity index (χ3v) is 3.39. The second kappa shape index (κ2) is 8.02. The van der Waals surface area contributed by atoms with Crippen LogP contribution in [0.1, 0.15) is 25.8 Å². The van der Waals surface area contributed by atoms with Crippen LogP contribution in [0, 0.1) is 0 Å². The molecule has 0 aliphatic heterocycles. The quantitative estimate of drug-likeness (QED) is 0.739. The van der Waals surface area contributed by atoms with Crippen LogP contribution in [-0.2, 0) is 15.1 Å². The first kappa shape index (κ1) is 16.7. The highest BCUT2D eigenvalue weighted by Gasteiger charge is 2.41. The van der Waals surface area contributed by atoms with E-state index in [0.717, 1.165) is 18.5 Å². The number of likely N-dealkylation sites (N-methyl/N-ethyl adjacent to an activating group) is 2. The Hall–Kier alpha value is -1.39. The Morgan fingerprint density at radius 2 is 1.95 bits per heavy atom. The lowest BCUT2D eigenvalue weighted by molar-refractivity contribution is -0.150. The standard InChI is InChI=1S/C16H26N2O2/c1-5-12-18(3)13-16(17-6-2,15(19)20-4)14-10-8-7-9-11-14/h7-11,17H,5-6,12-13H2,1-4H3. The number of carbonyl (C=O) groups is 1. The molecular weight excluding hydrogens is 252 g/mol. The van der Waals surface area contributed by atoms with E-state index in [4.69, 9.17) is 4.74 Å². The molecule has 0 bridgehead atoms. The number of rotatable bonds is 8. The molecule has 0 fully saturated rings. The fourth-order valence-electron chi connectivity index (χ4n) is 2.57. The van der Waals surface area contributed by atoms with Crippen LogP contribution in [0.3, 0.4) is 0 Å². The fourth-order valence-corrected chi connectivity index (χ4v) is 2.57. The van der Waals surface area contributed by atoms with Gasteiger partial charge in [0.2, 0.25) is 0 Å². The molecule has 4 heteroatoms. The molecule has 0 saturated heterocycles. The Bertz CT molecular complexity index is 408. The Kier molecular flexibility index (Phi) is 6.68. The van der Waals surface area contributed by atoms with Crippen LogP contribution >= 0.6 is 0 Å². The number of nitrogens with one attached hydrogen (secondary N) is 1. The van der Waals surface area contributed by atoms with Crippen molar-refractivity contribution < 1.29 is 9.53 Å². The maximum Gasteiger partial charge on any atom is 0.332 e. The van der Waals surface area contributed by atoms with E-state index in [2.05, 4.69) is 17.1 Å². The van der Waals surface area contributed by atoms with Gasteiger partial charge in [-0.1, -0.05) is 44.2 Å².